The predicted octanol–water partition coefficient (Wildman–Crippen LogP) is 7.92. The van der Waals surface area contributed by atoms with Gasteiger partial charge in [0.05, 0.1) is 0 Å². The molecular formula is C26H20S. The number of hydrogen-bond acceptors (Lipinski definition) is 1. The lowest BCUT2D eigenvalue weighted by atomic mass is 9.88. The van der Waals surface area contributed by atoms with Gasteiger partial charge in [-0.25, -0.2) is 0 Å². The maximum atomic E-state index is 2.38. The molecule has 1 heteroatoms. The first-order valence-electron chi connectivity index (χ1n) is 9.77. The second-order valence-corrected chi connectivity index (χ2v) is 8.78. The van der Waals surface area contributed by atoms with Crippen LogP contribution in [0.4, 0.5) is 0 Å². The number of aryl methyl sites for hydroxylation is 1. The lowest BCUT2D eigenvalue weighted by molar-refractivity contribution is 0.691. The maximum Gasteiger partial charge on any atom is 0.0400 e. The molecule has 0 saturated heterocycles. The first-order valence-corrected chi connectivity index (χ1v) is 10.6. The first kappa shape index (κ1) is 15.4. The molecule has 6 rings (SSSR count). The van der Waals surface area contributed by atoms with Gasteiger partial charge in [-0.05, 0) is 57.9 Å². The summed E-state index contributed by atoms with van der Waals surface area (Å²) in [5.41, 5.74) is 5.97. The number of thiophene rings is 1. The molecule has 0 N–H and O–H groups in total. The van der Waals surface area contributed by atoms with Gasteiger partial charge in [-0.1, -0.05) is 73.7 Å². The minimum Gasteiger partial charge on any atom is -0.135 e. The van der Waals surface area contributed by atoms with Gasteiger partial charge in [0.2, 0.25) is 0 Å². The SMILES string of the molecule is CC1CCc2c(c3ccccc3c3c2sc2ccccc23)-c2ccccc21. The molecule has 0 amide bonds. The second kappa shape index (κ2) is 5.68. The van der Waals surface area contributed by atoms with Crippen LogP contribution in [0.5, 0.6) is 0 Å². The van der Waals surface area contributed by atoms with Crippen molar-refractivity contribution in [2.45, 2.75) is 25.7 Å². The summed E-state index contributed by atoms with van der Waals surface area (Å²) in [6.07, 6.45) is 2.37. The highest BCUT2D eigenvalue weighted by Gasteiger charge is 2.25. The van der Waals surface area contributed by atoms with Crippen molar-refractivity contribution in [3.05, 3.63) is 83.9 Å². The minimum absolute atomic E-state index is 0.594. The molecule has 0 bridgehead atoms. The molecule has 0 spiro atoms. The summed E-state index contributed by atoms with van der Waals surface area (Å²) in [6.45, 7) is 2.38. The molecule has 1 aromatic heterocycles. The van der Waals surface area contributed by atoms with Crippen molar-refractivity contribution in [2.24, 2.45) is 0 Å². The molecule has 0 aliphatic heterocycles. The molecular weight excluding hydrogens is 344 g/mol. The Morgan fingerprint density at radius 3 is 2.37 bits per heavy atom. The van der Waals surface area contributed by atoms with Crippen LogP contribution in [0.3, 0.4) is 0 Å². The zero-order valence-electron chi connectivity index (χ0n) is 15.3. The molecule has 0 radical (unpaired) electrons. The summed E-state index contributed by atoms with van der Waals surface area (Å²) in [7, 11) is 0. The van der Waals surface area contributed by atoms with E-state index in [-0.39, 0.29) is 0 Å². The van der Waals surface area contributed by atoms with Gasteiger partial charge in [-0.3, -0.25) is 0 Å². The molecule has 0 fully saturated rings. The van der Waals surface area contributed by atoms with E-state index in [1.807, 2.05) is 11.3 Å². The maximum absolute atomic E-state index is 2.38. The number of hydrogen-bond donors (Lipinski definition) is 0. The first-order chi connectivity index (χ1) is 13.3. The van der Waals surface area contributed by atoms with Crippen molar-refractivity contribution >= 4 is 42.3 Å². The van der Waals surface area contributed by atoms with Crippen molar-refractivity contribution in [1.29, 1.82) is 0 Å². The van der Waals surface area contributed by atoms with E-state index in [1.165, 1.54) is 54.1 Å². The van der Waals surface area contributed by atoms with Crippen LogP contribution in [0.2, 0.25) is 0 Å². The van der Waals surface area contributed by atoms with Crippen LogP contribution in [0.1, 0.15) is 30.4 Å². The smallest absolute Gasteiger partial charge is 0.0400 e. The summed E-state index contributed by atoms with van der Waals surface area (Å²) in [6, 6.07) is 27.0. The monoisotopic (exact) mass is 364 g/mol. The highest BCUT2D eigenvalue weighted by Crippen LogP contribution is 2.49. The minimum atomic E-state index is 0.594. The summed E-state index contributed by atoms with van der Waals surface area (Å²) >= 11 is 1.98. The van der Waals surface area contributed by atoms with E-state index in [9.17, 15) is 0 Å². The molecule has 1 aliphatic rings. The second-order valence-electron chi connectivity index (χ2n) is 7.73. The number of rotatable bonds is 0. The fourth-order valence-electron chi connectivity index (χ4n) is 4.94. The highest BCUT2D eigenvalue weighted by atomic mass is 32.1. The standard InChI is InChI=1S/C26H20S/c1-16-14-15-22-24(18-9-3-2-8-17(16)18)19-10-4-5-11-20(19)25-21-12-6-7-13-23(21)27-26(22)25/h2-13,16H,14-15H2,1H3. The van der Waals surface area contributed by atoms with Gasteiger partial charge in [0, 0.05) is 20.2 Å². The average molecular weight is 365 g/mol. The Morgan fingerprint density at radius 1 is 0.778 bits per heavy atom. The largest absolute Gasteiger partial charge is 0.135 e. The van der Waals surface area contributed by atoms with Crippen LogP contribution >= 0.6 is 11.3 Å². The van der Waals surface area contributed by atoms with E-state index in [0.717, 1.165) is 6.42 Å². The predicted molar refractivity (Wildman–Crippen MR) is 119 cm³/mol. The van der Waals surface area contributed by atoms with Crippen molar-refractivity contribution in [3.63, 3.8) is 0 Å². The number of fused-ring (bicyclic) bond motifs is 10. The van der Waals surface area contributed by atoms with E-state index >= 15 is 0 Å². The van der Waals surface area contributed by atoms with Crippen molar-refractivity contribution in [1.82, 2.24) is 0 Å². The van der Waals surface area contributed by atoms with Gasteiger partial charge < -0.3 is 0 Å². The fourth-order valence-corrected chi connectivity index (χ4v) is 6.23. The van der Waals surface area contributed by atoms with Crippen molar-refractivity contribution in [2.75, 3.05) is 0 Å². The van der Waals surface area contributed by atoms with Crippen LogP contribution < -0.4 is 0 Å². The summed E-state index contributed by atoms with van der Waals surface area (Å²) < 4.78 is 2.89. The molecule has 0 nitrogen and oxygen atoms in total. The van der Waals surface area contributed by atoms with Crippen LogP contribution in [0.25, 0.3) is 42.1 Å². The Hall–Kier alpha value is -2.64. The van der Waals surface area contributed by atoms with E-state index in [2.05, 4.69) is 79.7 Å². The Balaban J connectivity index is 1.90. The summed E-state index contributed by atoms with van der Waals surface area (Å²) in [5.74, 6) is 0.594. The number of benzene rings is 4. The molecule has 27 heavy (non-hydrogen) atoms. The van der Waals surface area contributed by atoms with Crippen molar-refractivity contribution in [3.8, 4) is 11.1 Å². The molecule has 1 aliphatic carbocycles. The average Bonchev–Trinajstić information content (AvgIpc) is 3.04. The Kier molecular flexibility index (Phi) is 3.24. The van der Waals surface area contributed by atoms with Crippen LogP contribution in [0.15, 0.2) is 72.8 Å². The van der Waals surface area contributed by atoms with Crippen LogP contribution in [-0.2, 0) is 6.42 Å². The Labute approximate surface area is 163 Å². The van der Waals surface area contributed by atoms with E-state index in [0.29, 0.717) is 5.92 Å². The van der Waals surface area contributed by atoms with Gasteiger partial charge in [0.1, 0.15) is 0 Å². The molecule has 4 aromatic carbocycles. The molecule has 1 heterocycles. The van der Waals surface area contributed by atoms with E-state index in [4.69, 9.17) is 0 Å². The zero-order valence-corrected chi connectivity index (χ0v) is 16.1. The lowest BCUT2D eigenvalue weighted by Gasteiger charge is -2.16. The van der Waals surface area contributed by atoms with Gasteiger partial charge in [0.25, 0.3) is 0 Å². The Bertz CT molecular complexity index is 1340. The van der Waals surface area contributed by atoms with Crippen LogP contribution in [-0.4, -0.2) is 0 Å². The summed E-state index contributed by atoms with van der Waals surface area (Å²) in [4.78, 5) is 0. The van der Waals surface area contributed by atoms with Crippen molar-refractivity contribution < 1.29 is 0 Å². The topological polar surface area (TPSA) is 0 Å². The van der Waals surface area contributed by atoms with Gasteiger partial charge >= 0.3 is 0 Å². The molecule has 130 valence electrons. The van der Waals surface area contributed by atoms with Gasteiger partial charge in [-0.2, -0.15) is 0 Å². The fraction of sp³-hybridized carbons (Fsp3) is 0.154. The molecule has 1 atom stereocenters. The van der Waals surface area contributed by atoms with E-state index in [1.54, 1.807) is 5.56 Å². The van der Waals surface area contributed by atoms with Gasteiger partial charge in [-0.15, -0.1) is 11.3 Å². The lowest BCUT2D eigenvalue weighted by Crippen LogP contribution is -1.93. The normalized spacial score (nSPS) is 16.4. The molecule has 0 saturated carbocycles. The van der Waals surface area contributed by atoms with Gasteiger partial charge in [0.15, 0.2) is 0 Å². The van der Waals surface area contributed by atoms with Crippen LogP contribution in [0, 0.1) is 0 Å². The highest BCUT2D eigenvalue weighted by molar-refractivity contribution is 7.26. The third kappa shape index (κ3) is 2.09. The molecule has 1 unspecified atom stereocenters. The van der Waals surface area contributed by atoms with E-state index < -0.39 is 0 Å². The third-order valence-electron chi connectivity index (χ3n) is 6.23. The summed E-state index contributed by atoms with van der Waals surface area (Å²) in [5, 5.41) is 5.66. The zero-order chi connectivity index (χ0) is 18.0. The molecule has 5 aromatic rings. The third-order valence-corrected chi connectivity index (χ3v) is 7.46. The quantitative estimate of drug-likeness (QED) is 0.262. The Morgan fingerprint density at radius 2 is 1.48 bits per heavy atom.